The van der Waals surface area contributed by atoms with E-state index in [9.17, 15) is 8.42 Å². The van der Waals surface area contributed by atoms with Crippen LogP contribution in [0.1, 0.15) is 24.4 Å². The van der Waals surface area contributed by atoms with E-state index in [1.165, 1.54) is 0 Å². The van der Waals surface area contributed by atoms with Gasteiger partial charge in [0.05, 0.1) is 17.3 Å². The molecule has 0 aromatic heterocycles. The van der Waals surface area contributed by atoms with Gasteiger partial charge in [0.15, 0.2) is 9.84 Å². The normalized spacial score (nSPS) is 30.0. The second-order valence-electron chi connectivity index (χ2n) is 4.95. The zero-order chi connectivity index (χ0) is 12.6. The highest BCUT2D eigenvalue weighted by molar-refractivity contribution is 7.91. The van der Waals surface area contributed by atoms with Gasteiger partial charge in [0.2, 0.25) is 0 Å². The Morgan fingerprint density at radius 1 is 1.28 bits per heavy atom. The first-order valence-electron chi connectivity index (χ1n) is 6.32. The molecule has 1 fully saturated rings. The number of hydrogen-bond acceptors (Lipinski definition) is 4. The average molecular weight is 267 g/mol. The summed E-state index contributed by atoms with van der Waals surface area (Å²) in [5.41, 5.74) is 0.906. The van der Waals surface area contributed by atoms with Crippen molar-refractivity contribution in [3.05, 3.63) is 29.8 Å². The zero-order valence-corrected chi connectivity index (χ0v) is 10.9. The Bertz CT molecular complexity index is 535. The van der Waals surface area contributed by atoms with Crippen molar-refractivity contribution >= 4 is 9.84 Å². The first-order chi connectivity index (χ1) is 8.67. The van der Waals surface area contributed by atoms with Crippen LogP contribution in [0.25, 0.3) is 0 Å². The van der Waals surface area contributed by atoms with Gasteiger partial charge in [-0.2, -0.15) is 0 Å². The van der Waals surface area contributed by atoms with Crippen LogP contribution in [0.4, 0.5) is 0 Å². The van der Waals surface area contributed by atoms with E-state index in [0.29, 0.717) is 11.5 Å². The van der Waals surface area contributed by atoms with E-state index in [1.807, 2.05) is 12.1 Å². The van der Waals surface area contributed by atoms with E-state index in [1.54, 1.807) is 12.1 Å². The van der Waals surface area contributed by atoms with Crippen LogP contribution in [0.3, 0.4) is 0 Å². The summed E-state index contributed by atoms with van der Waals surface area (Å²) in [5.74, 6) is 0.169. The lowest BCUT2D eigenvalue weighted by Crippen LogP contribution is -2.39. The highest BCUT2D eigenvalue weighted by Crippen LogP contribution is 2.33. The molecule has 0 spiro atoms. The van der Waals surface area contributed by atoms with Gasteiger partial charge in [-0.3, -0.25) is 0 Å². The van der Waals surface area contributed by atoms with Crippen molar-refractivity contribution < 1.29 is 13.2 Å². The molecule has 2 aliphatic heterocycles. The monoisotopic (exact) mass is 267 g/mol. The number of sulfone groups is 1. The predicted molar refractivity (Wildman–Crippen MR) is 68.2 cm³/mol. The Hall–Kier alpha value is -0.910. The molecule has 0 saturated carbocycles. The summed E-state index contributed by atoms with van der Waals surface area (Å²) in [6.07, 6.45) is 2.09. The fraction of sp³-hybridized carbons (Fsp3) is 0.538. The molecule has 2 unspecified atom stereocenters. The quantitative estimate of drug-likeness (QED) is 0.877. The molecule has 2 heterocycles. The summed E-state index contributed by atoms with van der Waals surface area (Å²) in [6, 6.07) is 7.46. The molecular formula is C13H17NO3S. The van der Waals surface area contributed by atoms with Crippen LogP contribution in [0, 0.1) is 0 Å². The van der Waals surface area contributed by atoms with Gasteiger partial charge in [0.25, 0.3) is 0 Å². The third kappa shape index (κ3) is 2.18. The fourth-order valence-electron chi connectivity index (χ4n) is 2.75. The number of benzene rings is 1. The molecule has 2 atom stereocenters. The molecule has 1 N–H and O–H groups in total. The van der Waals surface area contributed by atoms with E-state index in [-0.39, 0.29) is 17.8 Å². The van der Waals surface area contributed by atoms with E-state index in [0.717, 1.165) is 25.0 Å². The molecule has 0 radical (unpaired) electrons. The zero-order valence-electron chi connectivity index (χ0n) is 10.1. The first kappa shape index (κ1) is 12.1. The molecule has 1 aromatic carbocycles. The van der Waals surface area contributed by atoms with Crippen molar-refractivity contribution in [3.8, 4) is 0 Å². The van der Waals surface area contributed by atoms with E-state index in [4.69, 9.17) is 4.74 Å². The van der Waals surface area contributed by atoms with E-state index in [2.05, 4.69) is 5.32 Å². The van der Waals surface area contributed by atoms with Crippen molar-refractivity contribution in [1.29, 1.82) is 0 Å². The second kappa shape index (κ2) is 4.64. The maximum atomic E-state index is 12.0. The Morgan fingerprint density at radius 2 is 2.11 bits per heavy atom. The first-order valence-corrected chi connectivity index (χ1v) is 7.97. The molecule has 4 nitrogen and oxygen atoms in total. The predicted octanol–water partition coefficient (Wildman–Crippen LogP) is 1.28. The molecule has 5 heteroatoms. The number of fused-ring (bicyclic) bond motifs is 1. The Balaban J connectivity index is 1.83. The van der Waals surface area contributed by atoms with Gasteiger partial charge in [0, 0.05) is 18.7 Å². The van der Waals surface area contributed by atoms with Crippen LogP contribution < -0.4 is 5.32 Å². The average Bonchev–Trinajstić information content (AvgIpc) is 2.63. The van der Waals surface area contributed by atoms with Gasteiger partial charge >= 0.3 is 0 Å². The maximum Gasteiger partial charge on any atom is 0.180 e. The van der Waals surface area contributed by atoms with Crippen molar-refractivity contribution in [2.45, 2.75) is 29.8 Å². The molecule has 3 rings (SSSR count). The number of ether oxygens (including phenoxy) is 1. The molecule has 1 aromatic rings. The second-order valence-corrected chi connectivity index (χ2v) is 6.96. The van der Waals surface area contributed by atoms with Crippen LogP contribution in [0.2, 0.25) is 0 Å². The Labute approximate surface area is 107 Å². The van der Waals surface area contributed by atoms with Gasteiger partial charge in [0.1, 0.15) is 0 Å². The van der Waals surface area contributed by atoms with Crippen LogP contribution in [-0.4, -0.2) is 33.4 Å². The van der Waals surface area contributed by atoms with Crippen LogP contribution in [-0.2, 0) is 14.6 Å². The van der Waals surface area contributed by atoms with Crippen molar-refractivity contribution in [3.63, 3.8) is 0 Å². The molecular weight excluding hydrogens is 250 g/mol. The molecule has 0 bridgehead atoms. The lowest BCUT2D eigenvalue weighted by atomic mass is 10.1. The Kier molecular flexibility index (Phi) is 3.13. The Morgan fingerprint density at radius 3 is 2.89 bits per heavy atom. The summed E-state index contributed by atoms with van der Waals surface area (Å²) >= 11 is 0. The van der Waals surface area contributed by atoms with Gasteiger partial charge in [-0.1, -0.05) is 18.2 Å². The minimum Gasteiger partial charge on any atom is -0.380 e. The topological polar surface area (TPSA) is 55.4 Å². The van der Waals surface area contributed by atoms with Crippen molar-refractivity contribution in [2.24, 2.45) is 0 Å². The standard InChI is InChI=1S/C13H17NO3S/c15-18(16)9-12(11-5-1-2-6-13(11)18)14-10-4-3-7-17-8-10/h1-2,5-6,10,12,14H,3-4,7-9H2. The minimum absolute atomic E-state index is 0.0853. The molecule has 2 aliphatic rings. The summed E-state index contributed by atoms with van der Waals surface area (Å²) in [4.78, 5) is 0.485. The van der Waals surface area contributed by atoms with Crippen LogP contribution >= 0.6 is 0 Å². The molecule has 18 heavy (non-hydrogen) atoms. The summed E-state index contributed by atoms with van der Waals surface area (Å²) in [6.45, 7) is 1.50. The SMILES string of the molecule is O=S1(=O)CC(NC2CCCOC2)c2ccccc21. The third-order valence-electron chi connectivity index (χ3n) is 3.61. The highest BCUT2D eigenvalue weighted by Gasteiger charge is 2.35. The van der Waals surface area contributed by atoms with E-state index < -0.39 is 9.84 Å². The van der Waals surface area contributed by atoms with Crippen LogP contribution in [0.5, 0.6) is 0 Å². The van der Waals surface area contributed by atoms with Crippen LogP contribution in [0.15, 0.2) is 29.2 Å². The highest BCUT2D eigenvalue weighted by atomic mass is 32.2. The van der Waals surface area contributed by atoms with E-state index >= 15 is 0 Å². The molecule has 98 valence electrons. The largest absolute Gasteiger partial charge is 0.380 e. The summed E-state index contributed by atoms with van der Waals surface area (Å²) in [7, 11) is -3.11. The smallest absolute Gasteiger partial charge is 0.180 e. The minimum atomic E-state index is -3.11. The molecule has 0 amide bonds. The molecule has 0 aliphatic carbocycles. The van der Waals surface area contributed by atoms with Gasteiger partial charge < -0.3 is 10.1 Å². The third-order valence-corrected chi connectivity index (χ3v) is 5.43. The number of rotatable bonds is 2. The maximum absolute atomic E-state index is 12.0. The molecule has 1 saturated heterocycles. The van der Waals surface area contributed by atoms with Crippen molar-refractivity contribution in [1.82, 2.24) is 5.32 Å². The summed E-state index contributed by atoms with van der Waals surface area (Å²) in [5, 5.41) is 3.43. The lowest BCUT2D eigenvalue weighted by Gasteiger charge is -2.26. The number of hydrogen-bond donors (Lipinski definition) is 1. The number of nitrogens with one attached hydrogen (secondary N) is 1. The fourth-order valence-corrected chi connectivity index (χ4v) is 4.49. The van der Waals surface area contributed by atoms with Gasteiger partial charge in [-0.05, 0) is 24.5 Å². The van der Waals surface area contributed by atoms with Gasteiger partial charge in [-0.15, -0.1) is 0 Å². The lowest BCUT2D eigenvalue weighted by molar-refractivity contribution is 0.0673. The summed E-state index contributed by atoms with van der Waals surface area (Å²) < 4.78 is 29.5. The van der Waals surface area contributed by atoms with Crippen molar-refractivity contribution in [2.75, 3.05) is 19.0 Å². The van der Waals surface area contributed by atoms with Gasteiger partial charge in [-0.25, -0.2) is 8.42 Å².